The molecule has 0 saturated heterocycles. The minimum Gasteiger partial charge on any atom is -0.460 e. The zero-order valence-corrected chi connectivity index (χ0v) is 15.2. The lowest BCUT2D eigenvalue weighted by molar-refractivity contribution is -0.141. The first-order chi connectivity index (χ1) is 13.5. The van der Waals surface area contributed by atoms with E-state index in [0.29, 0.717) is 0 Å². The van der Waals surface area contributed by atoms with Crippen molar-refractivity contribution in [3.8, 4) is 0 Å². The van der Waals surface area contributed by atoms with Crippen LogP contribution in [0, 0.1) is 5.41 Å². The molecule has 2 amide bonds. The van der Waals surface area contributed by atoms with Gasteiger partial charge in [-0.15, -0.1) is 0 Å². The first-order valence-corrected chi connectivity index (χ1v) is 8.99. The summed E-state index contributed by atoms with van der Waals surface area (Å²) < 4.78 is 10.0. The summed E-state index contributed by atoms with van der Waals surface area (Å²) in [5.41, 5.74) is 0.422. The largest absolute Gasteiger partial charge is 0.460 e. The normalized spacial score (nSPS) is 15.1. The van der Waals surface area contributed by atoms with E-state index in [-0.39, 0.29) is 23.3 Å². The molecule has 0 fully saturated rings. The van der Waals surface area contributed by atoms with Crippen molar-refractivity contribution in [3.63, 3.8) is 0 Å². The summed E-state index contributed by atoms with van der Waals surface area (Å²) >= 11 is 0.911. The molecule has 1 aromatic carbocycles. The lowest BCUT2D eigenvalue weighted by Gasteiger charge is -2.14. The van der Waals surface area contributed by atoms with Gasteiger partial charge >= 0.3 is 11.9 Å². The van der Waals surface area contributed by atoms with Crippen LogP contribution in [0.3, 0.4) is 0 Å². The predicted molar refractivity (Wildman–Crippen MR) is 102 cm³/mol. The number of amides is 2. The highest BCUT2D eigenvalue weighted by atomic mass is 32.2. The predicted octanol–water partition coefficient (Wildman–Crippen LogP) is 1.80. The second kappa shape index (κ2) is 8.91. The molecule has 2 N–H and O–H groups in total. The maximum absolute atomic E-state index is 12.1. The fourth-order valence-corrected chi connectivity index (χ4v) is 2.74. The minimum absolute atomic E-state index is 0.0519. The van der Waals surface area contributed by atoms with Gasteiger partial charge in [-0.1, -0.05) is 42.1 Å². The van der Waals surface area contributed by atoms with E-state index in [0.717, 1.165) is 17.3 Å². The Morgan fingerprint density at radius 3 is 2.68 bits per heavy atom. The third-order valence-electron chi connectivity index (χ3n) is 3.39. The number of hydrogen-bond acceptors (Lipinski definition) is 7. The summed E-state index contributed by atoms with van der Waals surface area (Å²) in [5, 5.41) is 10.3. The molecule has 3 rings (SSSR count). The van der Waals surface area contributed by atoms with E-state index in [1.54, 1.807) is 0 Å². The fraction of sp³-hybridized carbons (Fsp3) is 0.111. The van der Waals surface area contributed by atoms with Crippen LogP contribution in [0.15, 0.2) is 63.1 Å². The second-order valence-corrected chi connectivity index (χ2v) is 6.36. The molecule has 1 aliphatic heterocycles. The van der Waals surface area contributed by atoms with Crippen LogP contribution in [0.4, 0.5) is 0 Å². The number of nitrogens with zero attached hydrogens (tertiary/aromatic N) is 2. The molecule has 10 heteroatoms. The summed E-state index contributed by atoms with van der Waals surface area (Å²) in [6, 6.07) is 12.1. The van der Waals surface area contributed by atoms with Crippen molar-refractivity contribution in [2.45, 2.75) is 6.61 Å². The van der Waals surface area contributed by atoms with E-state index in [1.807, 2.05) is 30.3 Å². The van der Waals surface area contributed by atoms with E-state index in [2.05, 4.69) is 15.3 Å². The number of esters is 1. The molecule has 0 radical (unpaired) electrons. The molecule has 2 heterocycles. The topological polar surface area (TPSA) is 134 Å². The Kier molecular flexibility index (Phi) is 6.12. The summed E-state index contributed by atoms with van der Waals surface area (Å²) in [5.74, 6) is -2.69. The second-order valence-electron chi connectivity index (χ2n) is 5.40. The molecule has 1 aliphatic rings. The number of rotatable bonds is 5. The lowest BCUT2D eigenvalue weighted by Crippen LogP contribution is -2.43. The van der Waals surface area contributed by atoms with Crippen LogP contribution in [0.5, 0.6) is 0 Å². The first-order valence-electron chi connectivity index (χ1n) is 8.01. The molecule has 9 nitrogen and oxygen atoms in total. The smallest absolute Gasteiger partial charge is 0.316 e. The Morgan fingerprint density at radius 2 is 2.00 bits per heavy atom. The summed E-state index contributed by atoms with van der Waals surface area (Å²) in [4.78, 5) is 43.2. The van der Waals surface area contributed by atoms with Gasteiger partial charge in [0.2, 0.25) is 0 Å². The van der Waals surface area contributed by atoms with Gasteiger partial charge in [-0.25, -0.2) is 4.99 Å². The SMILES string of the molecule is N=C1N=C(SCC(=O)OCc2ccccc2)NC(=O)C1=NC(=O)c1ccco1. The van der Waals surface area contributed by atoms with Crippen LogP contribution < -0.4 is 5.32 Å². The molecule has 142 valence electrons. The van der Waals surface area contributed by atoms with Gasteiger partial charge in [0.25, 0.3) is 5.91 Å². The van der Waals surface area contributed by atoms with Crippen molar-refractivity contribution in [1.82, 2.24) is 5.32 Å². The Balaban J connectivity index is 1.55. The summed E-state index contributed by atoms with van der Waals surface area (Å²) in [7, 11) is 0. The Morgan fingerprint density at radius 1 is 1.21 bits per heavy atom. The average molecular weight is 398 g/mol. The first kappa shape index (κ1) is 19.2. The number of benzene rings is 1. The molecule has 0 atom stereocenters. The summed E-state index contributed by atoms with van der Waals surface area (Å²) in [6.45, 7) is 0.139. The molecule has 0 unspecified atom stereocenters. The van der Waals surface area contributed by atoms with Gasteiger partial charge in [0, 0.05) is 0 Å². The number of hydrogen-bond donors (Lipinski definition) is 2. The highest BCUT2D eigenvalue weighted by molar-refractivity contribution is 8.14. The van der Waals surface area contributed by atoms with Crippen molar-refractivity contribution in [3.05, 3.63) is 60.1 Å². The van der Waals surface area contributed by atoms with Crippen LogP contribution >= 0.6 is 11.8 Å². The highest BCUT2D eigenvalue weighted by Crippen LogP contribution is 2.10. The lowest BCUT2D eigenvalue weighted by atomic mass is 10.2. The molecule has 2 aromatic rings. The maximum Gasteiger partial charge on any atom is 0.316 e. The van der Waals surface area contributed by atoms with Crippen molar-refractivity contribution in [1.29, 1.82) is 5.41 Å². The van der Waals surface area contributed by atoms with Crippen LogP contribution in [-0.4, -0.2) is 40.3 Å². The standard InChI is InChI=1S/C18H14N4O5S/c19-15-14(20-16(24)12-7-4-8-26-12)17(25)22-18(21-15)28-10-13(23)27-9-11-5-2-1-3-6-11/h1-8H,9-10H2,(H2,19,21,22,25). The van der Waals surface area contributed by atoms with Gasteiger partial charge in [-0.2, -0.15) is 4.99 Å². The number of nitrogens with one attached hydrogen (secondary N) is 2. The number of carbonyl (C=O) groups excluding carboxylic acids is 3. The van der Waals surface area contributed by atoms with Crippen molar-refractivity contribution < 1.29 is 23.5 Å². The zero-order valence-electron chi connectivity index (χ0n) is 14.4. The van der Waals surface area contributed by atoms with Crippen LogP contribution in [-0.2, 0) is 20.9 Å². The van der Waals surface area contributed by atoms with Gasteiger partial charge in [-0.3, -0.25) is 25.1 Å². The van der Waals surface area contributed by atoms with Crippen molar-refractivity contribution in [2.75, 3.05) is 5.75 Å². The maximum atomic E-state index is 12.1. The number of carbonyl (C=O) groups is 3. The highest BCUT2D eigenvalue weighted by Gasteiger charge is 2.26. The van der Waals surface area contributed by atoms with E-state index in [1.165, 1.54) is 18.4 Å². The van der Waals surface area contributed by atoms with Crippen LogP contribution in [0.25, 0.3) is 0 Å². The van der Waals surface area contributed by atoms with Gasteiger partial charge < -0.3 is 9.15 Å². The van der Waals surface area contributed by atoms with Crippen molar-refractivity contribution >= 4 is 46.3 Å². The monoisotopic (exact) mass is 398 g/mol. The molecular weight excluding hydrogens is 384 g/mol. The third-order valence-corrected chi connectivity index (χ3v) is 4.23. The van der Waals surface area contributed by atoms with E-state index >= 15 is 0 Å². The van der Waals surface area contributed by atoms with Gasteiger partial charge in [0.15, 0.2) is 22.5 Å². The minimum atomic E-state index is -0.796. The van der Waals surface area contributed by atoms with Gasteiger partial charge in [0.1, 0.15) is 6.61 Å². The van der Waals surface area contributed by atoms with Crippen LogP contribution in [0.2, 0.25) is 0 Å². The average Bonchev–Trinajstić information content (AvgIpc) is 3.23. The Labute approximate surface area is 163 Å². The molecule has 28 heavy (non-hydrogen) atoms. The fourth-order valence-electron chi connectivity index (χ4n) is 2.08. The Bertz CT molecular complexity index is 967. The number of furan rings is 1. The van der Waals surface area contributed by atoms with Gasteiger partial charge in [0.05, 0.1) is 12.0 Å². The molecule has 0 bridgehead atoms. The number of aliphatic imine (C=N–C) groups is 2. The molecule has 0 aliphatic carbocycles. The Hall–Kier alpha value is -3.53. The number of amidine groups is 2. The van der Waals surface area contributed by atoms with E-state index in [4.69, 9.17) is 14.6 Å². The molecule has 1 aromatic heterocycles. The summed E-state index contributed by atoms with van der Waals surface area (Å²) in [6.07, 6.45) is 1.30. The number of ether oxygens (including phenoxy) is 1. The van der Waals surface area contributed by atoms with E-state index in [9.17, 15) is 14.4 Å². The molecule has 0 saturated carbocycles. The van der Waals surface area contributed by atoms with Gasteiger partial charge in [-0.05, 0) is 17.7 Å². The zero-order chi connectivity index (χ0) is 19.9. The molecule has 0 spiro atoms. The quantitative estimate of drug-likeness (QED) is 0.738. The molecular formula is C18H14N4O5S. The van der Waals surface area contributed by atoms with Crippen molar-refractivity contribution in [2.24, 2.45) is 9.98 Å². The number of thioether (sulfide) groups is 1. The van der Waals surface area contributed by atoms with E-state index < -0.39 is 29.3 Å². The third kappa shape index (κ3) is 5.01. The van der Waals surface area contributed by atoms with Crippen LogP contribution in [0.1, 0.15) is 16.1 Å².